The highest BCUT2D eigenvalue weighted by Crippen LogP contribution is 2.30. The van der Waals surface area contributed by atoms with Crippen molar-refractivity contribution in [2.75, 3.05) is 0 Å². The minimum atomic E-state index is 0.0559. The molecule has 128 valence electrons. The molecule has 0 bridgehead atoms. The fourth-order valence-corrected chi connectivity index (χ4v) is 3.42. The van der Waals surface area contributed by atoms with Gasteiger partial charge in [0, 0.05) is 17.0 Å². The molecule has 0 spiro atoms. The quantitative estimate of drug-likeness (QED) is 0.879. The maximum Gasteiger partial charge on any atom is 0.246 e. The number of carbonyl (C=O) groups excluding carboxylic acids is 1. The van der Waals surface area contributed by atoms with Crippen LogP contribution in [0.2, 0.25) is 5.02 Å². The van der Waals surface area contributed by atoms with Crippen LogP contribution < -0.4 is 5.32 Å². The van der Waals surface area contributed by atoms with Crippen LogP contribution in [-0.4, -0.2) is 16.0 Å². The molecule has 2 unspecified atom stereocenters. The molecule has 1 N–H and O–H groups in total. The van der Waals surface area contributed by atoms with Crippen molar-refractivity contribution in [3.05, 3.63) is 35.2 Å². The third kappa shape index (κ3) is 4.57. The van der Waals surface area contributed by atoms with Crippen LogP contribution in [0.3, 0.4) is 0 Å². The SMILES string of the molecule is CC1CCCC(CC(=O)NCc2nc(-c3ccc(Cl)cc3)no2)C1. The predicted molar refractivity (Wildman–Crippen MR) is 92.3 cm³/mol. The number of nitrogens with zero attached hydrogens (tertiary/aromatic N) is 2. The smallest absolute Gasteiger partial charge is 0.246 e. The number of rotatable bonds is 5. The van der Waals surface area contributed by atoms with E-state index in [1.54, 1.807) is 12.1 Å². The van der Waals surface area contributed by atoms with Gasteiger partial charge in [0.25, 0.3) is 0 Å². The zero-order chi connectivity index (χ0) is 16.9. The number of aromatic nitrogens is 2. The Morgan fingerprint density at radius 1 is 1.33 bits per heavy atom. The first-order valence-corrected chi connectivity index (χ1v) is 8.83. The van der Waals surface area contributed by atoms with E-state index in [9.17, 15) is 4.79 Å². The van der Waals surface area contributed by atoms with Crippen molar-refractivity contribution in [1.29, 1.82) is 0 Å². The fraction of sp³-hybridized carbons (Fsp3) is 0.500. The number of hydrogen-bond donors (Lipinski definition) is 1. The van der Waals surface area contributed by atoms with Gasteiger partial charge in [-0.25, -0.2) is 0 Å². The minimum absolute atomic E-state index is 0.0559. The average Bonchev–Trinajstić information content (AvgIpc) is 3.03. The summed E-state index contributed by atoms with van der Waals surface area (Å²) in [7, 11) is 0. The Hall–Kier alpha value is -1.88. The predicted octanol–water partition coefficient (Wildman–Crippen LogP) is 4.22. The Morgan fingerprint density at radius 3 is 2.88 bits per heavy atom. The van der Waals surface area contributed by atoms with Crippen molar-refractivity contribution in [2.24, 2.45) is 11.8 Å². The molecule has 1 aromatic carbocycles. The molecule has 2 aromatic rings. The Bertz CT molecular complexity index is 684. The lowest BCUT2D eigenvalue weighted by atomic mass is 9.81. The largest absolute Gasteiger partial charge is 0.347 e. The molecule has 0 aliphatic heterocycles. The normalized spacial score (nSPS) is 20.8. The Balaban J connectivity index is 1.50. The second-order valence-electron chi connectivity index (χ2n) is 6.64. The molecule has 1 aromatic heterocycles. The number of halogens is 1. The number of benzene rings is 1. The van der Waals surface area contributed by atoms with E-state index in [1.165, 1.54) is 12.8 Å². The maximum absolute atomic E-state index is 12.1. The number of amides is 1. The first-order chi connectivity index (χ1) is 11.6. The van der Waals surface area contributed by atoms with E-state index in [0.717, 1.165) is 24.3 Å². The van der Waals surface area contributed by atoms with Crippen LogP contribution in [0.4, 0.5) is 0 Å². The second-order valence-corrected chi connectivity index (χ2v) is 7.07. The van der Waals surface area contributed by atoms with E-state index in [2.05, 4.69) is 22.4 Å². The van der Waals surface area contributed by atoms with Crippen molar-refractivity contribution >= 4 is 17.5 Å². The molecule has 3 rings (SSSR count). The number of carbonyl (C=O) groups is 1. The summed E-state index contributed by atoms with van der Waals surface area (Å²) in [4.78, 5) is 16.4. The Morgan fingerprint density at radius 2 is 2.12 bits per heavy atom. The van der Waals surface area contributed by atoms with E-state index in [0.29, 0.717) is 29.1 Å². The van der Waals surface area contributed by atoms with Crippen LogP contribution in [0.1, 0.15) is 44.9 Å². The monoisotopic (exact) mass is 347 g/mol. The van der Waals surface area contributed by atoms with E-state index in [4.69, 9.17) is 16.1 Å². The molecule has 1 aliphatic rings. The molecule has 1 fully saturated rings. The van der Waals surface area contributed by atoms with Gasteiger partial charge in [-0.15, -0.1) is 0 Å². The molecule has 6 heteroatoms. The Labute approximate surface area is 146 Å². The molecular formula is C18H22ClN3O2. The van der Waals surface area contributed by atoms with Gasteiger partial charge < -0.3 is 9.84 Å². The highest BCUT2D eigenvalue weighted by Gasteiger charge is 2.21. The first-order valence-electron chi connectivity index (χ1n) is 8.45. The van der Waals surface area contributed by atoms with Gasteiger partial charge in [-0.1, -0.05) is 36.5 Å². The van der Waals surface area contributed by atoms with Gasteiger partial charge >= 0.3 is 0 Å². The van der Waals surface area contributed by atoms with Crippen molar-refractivity contribution in [3.63, 3.8) is 0 Å². The molecule has 24 heavy (non-hydrogen) atoms. The highest BCUT2D eigenvalue weighted by atomic mass is 35.5. The summed E-state index contributed by atoms with van der Waals surface area (Å²) in [5.41, 5.74) is 0.830. The number of hydrogen-bond acceptors (Lipinski definition) is 4. The van der Waals surface area contributed by atoms with Gasteiger partial charge in [0.2, 0.25) is 17.6 Å². The summed E-state index contributed by atoms with van der Waals surface area (Å²) < 4.78 is 5.20. The highest BCUT2D eigenvalue weighted by molar-refractivity contribution is 6.30. The molecule has 2 atom stereocenters. The Kier molecular flexibility index (Phi) is 5.51. The third-order valence-electron chi connectivity index (χ3n) is 4.53. The molecule has 1 aliphatic carbocycles. The van der Waals surface area contributed by atoms with E-state index < -0.39 is 0 Å². The summed E-state index contributed by atoms with van der Waals surface area (Å²) in [5.74, 6) is 2.19. The van der Waals surface area contributed by atoms with Crippen molar-refractivity contribution < 1.29 is 9.32 Å². The first kappa shape index (κ1) is 17.0. The summed E-state index contributed by atoms with van der Waals surface area (Å²) in [6.45, 7) is 2.53. The van der Waals surface area contributed by atoms with Gasteiger partial charge in [-0.2, -0.15) is 4.98 Å². The van der Waals surface area contributed by atoms with Gasteiger partial charge in [-0.05, 0) is 48.9 Å². The van der Waals surface area contributed by atoms with Crippen LogP contribution in [-0.2, 0) is 11.3 Å². The van der Waals surface area contributed by atoms with Crippen molar-refractivity contribution in [1.82, 2.24) is 15.5 Å². The molecular weight excluding hydrogens is 326 g/mol. The van der Waals surface area contributed by atoms with Gasteiger partial charge in [0.1, 0.15) is 0 Å². The fourth-order valence-electron chi connectivity index (χ4n) is 3.30. The maximum atomic E-state index is 12.1. The van der Waals surface area contributed by atoms with Gasteiger partial charge in [-0.3, -0.25) is 4.79 Å². The molecule has 0 radical (unpaired) electrons. The van der Waals surface area contributed by atoms with E-state index in [-0.39, 0.29) is 12.5 Å². The lowest BCUT2D eigenvalue weighted by molar-refractivity contribution is -0.122. The van der Waals surface area contributed by atoms with Crippen LogP contribution in [0.15, 0.2) is 28.8 Å². The van der Waals surface area contributed by atoms with Gasteiger partial charge in [0.15, 0.2) is 0 Å². The lowest BCUT2D eigenvalue weighted by Gasteiger charge is -2.26. The van der Waals surface area contributed by atoms with E-state index >= 15 is 0 Å². The number of nitrogens with one attached hydrogen (secondary N) is 1. The molecule has 0 saturated heterocycles. The molecule has 1 saturated carbocycles. The zero-order valence-corrected chi connectivity index (χ0v) is 14.6. The van der Waals surface area contributed by atoms with E-state index in [1.807, 2.05) is 12.1 Å². The minimum Gasteiger partial charge on any atom is -0.347 e. The standard InChI is InChI=1S/C18H22ClN3O2/c1-12-3-2-4-13(9-12)10-16(23)20-11-17-21-18(22-24-17)14-5-7-15(19)8-6-14/h5-8,12-13H,2-4,9-11H2,1H3,(H,20,23). The van der Waals surface area contributed by atoms with Crippen LogP contribution >= 0.6 is 11.6 Å². The van der Waals surface area contributed by atoms with Crippen molar-refractivity contribution in [2.45, 2.75) is 45.6 Å². The lowest BCUT2D eigenvalue weighted by Crippen LogP contribution is -2.27. The van der Waals surface area contributed by atoms with Crippen molar-refractivity contribution in [3.8, 4) is 11.4 Å². The molecule has 1 amide bonds. The zero-order valence-electron chi connectivity index (χ0n) is 13.8. The third-order valence-corrected chi connectivity index (χ3v) is 4.78. The van der Waals surface area contributed by atoms with Crippen LogP contribution in [0, 0.1) is 11.8 Å². The summed E-state index contributed by atoms with van der Waals surface area (Å²) in [5, 5.41) is 7.48. The van der Waals surface area contributed by atoms with Gasteiger partial charge in [0.05, 0.1) is 6.54 Å². The summed E-state index contributed by atoms with van der Waals surface area (Å²) in [6.07, 6.45) is 5.40. The second kappa shape index (κ2) is 7.79. The average molecular weight is 348 g/mol. The van der Waals surface area contributed by atoms with Crippen LogP contribution in [0.25, 0.3) is 11.4 Å². The summed E-state index contributed by atoms with van der Waals surface area (Å²) in [6, 6.07) is 7.22. The topological polar surface area (TPSA) is 68.0 Å². The summed E-state index contributed by atoms with van der Waals surface area (Å²) >= 11 is 5.87. The molecule has 1 heterocycles. The van der Waals surface area contributed by atoms with Crippen LogP contribution in [0.5, 0.6) is 0 Å². The molecule has 5 nitrogen and oxygen atoms in total.